The fraction of sp³-hybridized carbons (Fsp3) is 0.133. The Morgan fingerprint density at radius 1 is 1.05 bits per heavy atom. The topological polar surface area (TPSA) is 36.4 Å². The van der Waals surface area contributed by atoms with Gasteiger partial charge in [0.25, 0.3) is 0 Å². The molecule has 2 aromatic carbocycles. The lowest BCUT2D eigenvalue weighted by atomic mass is 10.1. The summed E-state index contributed by atoms with van der Waals surface area (Å²) in [7, 11) is 0. The van der Waals surface area contributed by atoms with Crippen LogP contribution in [0.4, 0.5) is 15.8 Å². The van der Waals surface area contributed by atoms with Gasteiger partial charge in [-0.2, -0.15) is 0 Å². The normalized spacial score (nSPS) is 13.8. The Kier molecular flexibility index (Phi) is 3.14. The number of anilines is 2. The highest BCUT2D eigenvalue weighted by Crippen LogP contribution is 2.18. The van der Waals surface area contributed by atoms with Crippen molar-refractivity contribution in [3.8, 4) is 0 Å². The summed E-state index contributed by atoms with van der Waals surface area (Å²) in [5.41, 5.74) is 2.88. The first-order chi connectivity index (χ1) is 9.31. The Balaban J connectivity index is 1.81. The minimum absolute atomic E-state index is 0.233. The second-order valence-electron chi connectivity index (χ2n) is 4.37. The second-order valence-corrected chi connectivity index (χ2v) is 4.37. The third-order valence-corrected chi connectivity index (χ3v) is 2.94. The van der Waals surface area contributed by atoms with E-state index < -0.39 is 0 Å². The van der Waals surface area contributed by atoms with Crippen LogP contribution in [0, 0.1) is 5.82 Å². The van der Waals surface area contributed by atoms with Crippen LogP contribution in [0.15, 0.2) is 53.5 Å². The van der Waals surface area contributed by atoms with Gasteiger partial charge in [0.15, 0.2) is 0 Å². The molecule has 0 radical (unpaired) electrons. The number of halogens is 1. The van der Waals surface area contributed by atoms with Crippen LogP contribution >= 0.6 is 0 Å². The highest BCUT2D eigenvalue weighted by Gasteiger charge is 2.08. The predicted octanol–water partition coefficient (Wildman–Crippen LogP) is 2.92. The molecule has 3 rings (SSSR count). The number of aliphatic imine (C=N–C) groups is 1. The van der Waals surface area contributed by atoms with Crippen LogP contribution in [0.1, 0.15) is 5.56 Å². The molecule has 0 amide bonds. The fourth-order valence-corrected chi connectivity index (χ4v) is 2.04. The van der Waals surface area contributed by atoms with Gasteiger partial charge in [-0.15, -0.1) is 0 Å². The molecule has 0 fully saturated rings. The summed E-state index contributed by atoms with van der Waals surface area (Å²) >= 11 is 0. The Morgan fingerprint density at radius 2 is 1.89 bits per heavy atom. The summed E-state index contributed by atoms with van der Waals surface area (Å²) in [5, 5.41) is 6.49. The zero-order valence-electron chi connectivity index (χ0n) is 10.4. The molecule has 2 aromatic rings. The minimum atomic E-state index is -0.233. The molecule has 19 heavy (non-hydrogen) atoms. The zero-order chi connectivity index (χ0) is 13.1. The highest BCUT2D eigenvalue weighted by molar-refractivity contribution is 6.00. The van der Waals surface area contributed by atoms with Crippen LogP contribution < -0.4 is 10.6 Å². The number of amidine groups is 1. The average molecular weight is 255 g/mol. The molecule has 0 spiro atoms. The number of benzene rings is 2. The van der Waals surface area contributed by atoms with Gasteiger partial charge in [0, 0.05) is 23.5 Å². The van der Waals surface area contributed by atoms with Gasteiger partial charge in [-0.1, -0.05) is 12.1 Å². The lowest BCUT2D eigenvalue weighted by Gasteiger charge is -2.09. The van der Waals surface area contributed by atoms with Crippen molar-refractivity contribution in [2.45, 2.75) is 0 Å². The molecule has 3 nitrogen and oxygen atoms in total. The summed E-state index contributed by atoms with van der Waals surface area (Å²) in [6, 6.07) is 14.3. The maximum Gasteiger partial charge on any atom is 0.128 e. The van der Waals surface area contributed by atoms with Crippen molar-refractivity contribution in [3.05, 3.63) is 59.9 Å². The lowest BCUT2D eigenvalue weighted by Crippen LogP contribution is -2.19. The maximum absolute atomic E-state index is 12.8. The number of rotatable bonds is 3. The van der Waals surface area contributed by atoms with Gasteiger partial charge in [-0.3, -0.25) is 4.99 Å². The standard InChI is InChI=1S/C15H14FN3/c16-12-4-6-13(7-5-12)19-14-3-1-2-11(10-14)15-17-8-9-18-15/h1-7,10,19H,8-9H2,(H,17,18). The maximum atomic E-state index is 12.8. The van der Waals surface area contributed by atoms with Gasteiger partial charge in [-0.25, -0.2) is 4.39 Å². The molecule has 0 aromatic heterocycles. The fourth-order valence-electron chi connectivity index (χ4n) is 2.04. The van der Waals surface area contributed by atoms with Crippen molar-refractivity contribution < 1.29 is 4.39 Å². The second kappa shape index (κ2) is 5.10. The summed E-state index contributed by atoms with van der Waals surface area (Å²) < 4.78 is 12.8. The summed E-state index contributed by atoms with van der Waals surface area (Å²) in [6.45, 7) is 1.72. The molecular formula is C15H14FN3. The van der Waals surface area contributed by atoms with Gasteiger partial charge in [-0.05, 0) is 36.4 Å². The van der Waals surface area contributed by atoms with Gasteiger partial charge in [0.2, 0.25) is 0 Å². The first kappa shape index (κ1) is 11.7. The van der Waals surface area contributed by atoms with Crippen LogP contribution in [0.3, 0.4) is 0 Å². The van der Waals surface area contributed by atoms with Gasteiger partial charge < -0.3 is 10.6 Å². The SMILES string of the molecule is Fc1ccc(Nc2cccc(C3=NCCN3)c2)cc1. The molecular weight excluding hydrogens is 241 g/mol. The van der Waals surface area contributed by atoms with E-state index in [1.54, 1.807) is 12.1 Å². The van der Waals surface area contributed by atoms with E-state index in [1.807, 2.05) is 24.3 Å². The molecule has 1 aliphatic heterocycles. The number of hydrogen-bond donors (Lipinski definition) is 2. The van der Waals surface area contributed by atoms with E-state index in [2.05, 4.69) is 15.6 Å². The van der Waals surface area contributed by atoms with E-state index in [0.29, 0.717) is 0 Å². The molecule has 0 unspecified atom stereocenters. The van der Waals surface area contributed by atoms with Gasteiger partial charge in [0.05, 0.1) is 6.54 Å². The van der Waals surface area contributed by atoms with Crippen molar-refractivity contribution in [1.29, 1.82) is 0 Å². The molecule has 0 saturated carbocycles. The molecule has 1 aliphatic rings. The van der Waals surface area contributed by atoms with Crippen LogP contribution in [-0.2, 0) is 0 Å². The highest BCUT2D eigenvalue weighted by atomic mass is 19.1. The van der Waals surface area contributed by atoms with Crippen molar-refractivity contribution >= 4 is 17.2 Å². The number of hydrogen-bond acceptors (Lipinski definition) is 3. The van der Waals surface area contributed by atoms with Gasteiger partial charge in [0.1, 0.15) is 11.7 Å². The van der Waals surface area contributed by atoms with E-state index in [9.17, 15) is 4.39 Å². The van der Waals surface area contributed by atoms with Gasteiger partial charge >= 0.3 is 0 Å². The largest absolute Gasteiger partial charge is 0.368 e. The van der Waals surface area contributed by atoms with E-state index in [1.165, 1.54) is 12.1 Å². The average Bonchev–Trinajstić information content (AvgIpc) is 2.96. The summed E-state index contributed by atoms with van der Waals surface area (Å²) in [4.78, 5) is 4.39. The van der Waals surface area contributed by atoms with Crippen LogP contribution in [0.25, 0.3) is 0 Å². The van der Waals surface area contributed by atoms with Crippen LogP contribution in [-0.4, -0.2) is 18.9 Å². The minimum Gasteiger partial charge on any atom is -0.368 e. The smallest absolute Gasteiger partial charge is 0.128 e. The molecule has 1 heterocycles. The van der Waals surface area contributed by atoms with Crippen LogP contribution in [0.2, 0.25) is 0 Å². The Bertz CT molecular complexity index is 605. The Morgan fingerprint density at radius 3 is 2.63 bits per heavy atom. The monoisotopic (exact) mass is 255 g/mol. The molecule has 2 N–H and O–H groups in total. The third-order valence-electron chi connectivity index (χ3n) is 2.94. The Hall–Kier alpha value is -2.36. The Labute approximate surface area is 111 Å². The van der Waals surface area contributed by atoms with Crippen molar-refractivity contribution in [3.63, 3.8) is 0 Å². The lowest BCUT2D eigenvalue weighted by molar-refractivity contribution is 0.628. The van der Waals surface area contributed by atoms with E-state index >= 15 is 0 Å². The molecule has 0 atom stereocenters. The molecule has 96 valence electrons. The predicted molar refractivity (Wildman–Crippen MR) is 75.5 cm³/mol. The zero-order valence-corrected chi connectivity index (χ0v) is 10.4. The van der Waals surface area contributed by atoms with Crippen molar-refractivity contribution in [1.82, 2.24) is 5.32 Å². The summed E-state index contributed by atoms with van der Waals surface area (Å²) in [6.07, 6.45) is 0. The first-order valence-corrected chi connectivity index (χ1v) is 6.23. The molecule has 0 saturated heterocycles. The summed E-state index contributed by atoms with van der Waals surface area (Å²) in [5.74, 6) is 0.701. The number of nitrogens with zero attached hydrogens (tertiary/aromatic N) is 1. The van der Waals surface area contributed by atoms with E-state index in [-0.39, 0.29) is 5.82 Å². The van der Waals surface area contributed by atoms with Crippen LogP contribution in [0.5, 0.6) is 0 Å². The molecule has 0 aliphatic carbocycles. The first-order valence-electron chi connectivity index (χ1n) is 6.23. The number of nitrogens with one attached hydrogen (secondary N) is 2. The molecule has 0 bridgehead atoms. The van der Waals surface area contributed by atoms with E-state index in [0.717, 1.165) is 35.9 Å². The van der Waals surface area contributed by atoms with E-state index in [4.69, 9.17) is 0 Å². The molecule has 4 heteroatoms. The third kappa shape index (κ3) is 2.73. The van der Waals surface area contributed by atoms with Crippen molar-refractivity contribution in [2.75, 3.05) is 18.4 Å². The quantitative estimate of drug-likeness (QED) is 0.884. The van der Waals surface area contributed by atoms with Crippen molar-refractivity contribution in [2.24, 2.45) is 4.99 Å².